The summed E-state index contributed by atoms with van der Waals surface area (Å²) in [5.41, 5.74) is 2.58. The lowest BCUT2D eigenvalue weighted by Crippen LogP contribution is -2.29. The molecule has 164 valence electrons. The highest BCUT2D eigenvalue weighted by atomic mass is 16.5. The van der Waals surface area contributed by atoms with Crippen LogP contribution >= 0.6 is 0 Å². The summed E-state index contributed by atoms with van der Waals surface area (Å²) in [6.45, 7) is 2.04. The van der Waals surface area contributed by atoms with E-state index in [1.165, 1.54) is 5.56 Å². The Balaban J connectivity index is 1.45. The number of nitrogens with one attached hydrogen (secondary N) is 1. The molecule has 0 unspecified atom stereocenters. The van der Waals surface area contributed by atoms with E-state index in [4.69, 9.17) is 4.74 Å². The van der Waals surface area contributed by atoms with E-state index in [9.17, 15) is 10.4 Å². The number of ether oxygens (including phenoxy) is 1. The Morgan fingerprint density at radius 1 is 1.09 bits per heavy atom. The zero-order chi connectivity index (χ0) is 22.3. The van der Waals surface area contributed by atoms with E-state index in [1.807, 2.05) is 37.3 Å². The van der Waals surface area contributed by atoms with E-state index in [0.29, 0.717) is 30.0 Å². The minimum atomic E-state index is -0.222. The lowest BCUT2D eigenvalue weighted by Gasteiger charge is -2.26. The van der Waals surface area contributed by atoms with Gasteiger partial charge in [0.2, 0.25) is 0 Å². The van der Waals surface area contributed by atoms with Crippen LogP contribution in [0.5, 0.6) is 11.5 Å². The monoisotopic (exact) mass is 429 g/mol. The Kier molecular flexibility index (Phi) is 6.93. The van der Waals surface area contributed by atoms with Crippen LogP contribution in [0.1, 0.15) is 48.2 Å². The van der Waals surface area contributed by atoms with Gasteiger partial charge >= 0.3 is 0 Å². The van der Waals surface area contributed by atoms with E-state index in [0.717, 1.165) is 42.7 Å². The summed E-state index contributed by atoms with van der Waals surface area (Å²) in [6.07, 6.45) is 9.39. The van der Waals surface area contributed by atoms with Crippen LogP contribution in [0.25, 0.3) is 0 Å². The molecule has 0 saturated heterocycles. The van der Waals surface area contributed by atoms with E-state index >= 15 is 0 Å². The lowest BCUT2D eigenvalue weighted by atomic mass is 9.93. The Hall–Kier alpha value is -3.50. The molecular formula is C25H27N5O2. The number of aliphatic hydroxyl groups is 1. The SMILES string of the molecule is Cc1ccc(Oc2ccncc2CCc2ncc(C#N)c(NC3CCC(O)CC3)n2)cc1. The van der Waals surface area contributed by atoms with Gasteiger partial charge in [0.1, 0.15) is 34.8 Å². The fourth-order valence-electron chi connectivity index (χ4n) is 3.83. The first-order valence-corrected chi connectivity index (χ1v) is 11.0. The summed E-state index contributed by atoms with van der Waals surface area (Å²) in [6, 6.07) is 12.2. The summed E-state index contributed by atoms with van der Waals surface area (Å²) in [5.74, 6) is 2.77. The smallest absolute Gasteiger partial charge is 0.147 e. The molecule has 7 heteroatoms. The van der Waals surface area contributed by atoms with Crippen LogP contribution in [0.3, 0.4) is 0 Å². The first-order valence-electron chi connectivity index (χ1n) is 11.0. The normalized spacial score (nSPS) is 18.0. The van der Waals surface area contributed by atoms with E-state index in [2.05, 4.69) is 26.3 Å². The molecule has 32 heavy (non-hydrogen) atoms. The number of aryl methyl sites for hydroxylation is 3. The maximum atomic E-state index is 9.72. The number of aliphatic hydroxyl groups excluding tert-OH is 1. The van der Waals surface area contributed by atoms with Crippen molar-refractivity contribution in [3.05, 3.63) is 71.4 Å². The third-order valence-corrected chi connectivity index (χ3v) is 5.72. The van der Waals surface area contributed by atoms with Gasteiger partial charge in [-0.25, -0.2) is 9.97 Å². The standard InChI is InChI=1S/C25H27N5O2/c1-17-2-9-22(10-3-17)32-23-12-13-27-15-18(23)4-11-24-28-16-19(14-26)25(30-24)29-20-5-7-21(31)8-6-20/h2-3,9-10,12-13,15-16,20-21,31H,4-8,11H2,1H3,(H,28,29,30). The molecule has 0 spiro atoms. The van der Waals surface area contributed by atoms with Crippen molar-refractivity contribution < 1.29 is 9.84 Å². The number of hydrogen-bond donors (Lipinski definition) is 2. The average molecular weight is 430 g/mol. The van der Waals surface area contributed by atoms with Crippen molar-refractivity contribution in [2.75, 3.05) is 5.32 Å². The number of hydrogen-bond acceptors (Lipinski definition) is 7. The second kappa shape index (κ2) is 10.2. The Morgan fingerprint density at radius 3 is 2.62 bits per heavy atom. The van der Waals surface area contributed by atoms with Crippen LogP contribution in [0.2, 0.25) is 0 Å². The zero-order valence-electron chi connectivity index (χ0n) is 18.2. The topological polar surface area (TPSA) is 104 Å². The van der Waals surface area contributed by atoms with Crippen LogP contribution < -0.4 is 10.1 Å². The molecule has 0 aliphatic heterocycles. The molecule has 1 aliphatic carbocycles. The summed E-state index contributed by atoms with van der Waals surface area (Å²) in [4.78, 5) is 13.3. The number of benzene rings is 1. The van der Waals surface area contributed by atoms with Crippen molar-refractivity contribution in [2.45, 2.75) is 57.6 Å². The van der Waals surface area contributed by atoms with E-state index in [1.54, 1.807) is 18.6 Å². The van der Waals surface area contributed by atoms with E-state index < -0.39 is 0 Å². The lowest BCUT2D eigenvalue weighted by molar-refractivity contribution is 0.126. The van der Waals surface area contributed by atoms with Gasteiger partial charge < -0.3 is 15.2 Å². The van der Waals surface area contributed by atoms with Crippen LogP contribution in [-0.2, 0) is 12.8 Å². The molecule has 2 aromatic heterocycles. The molecule has 4 rings (SSSR count). The first kappa shape index (κ1) is 21.7. The highest BCUT2D eigenvalue weighted by Crippen LogP contribution is 2.26. The van der Waals surface area contributed by atoms with Crippen LogP contribution in [0, 0.1) is 18.3 Å². The molecule has 2 N–H and O–H groups in total. The summed E-state index contributed by atoms with van der Waals surface area (Å²) < 4.78 is 6.07. The molecule has 3 aromatic rings. The van der Waals surface area contributed by atoms with Gasteiger partial charge in [0.25, 0.3) is 0 Å². The van der Waals surface area contributed by atoms with Gasteiger partial charge in [-0.1, -0.05) is 17.7 Å². The van der Waals surface area contributed by atoms with Gasteiger partial charge in [-0.3, -0.25) is 4.98 Å². The molecule has 1 aromatic carbocycles. The Labute approximate surface area is 188 Å². The number of nitriles is 1. The molecule has 1 saturated carbocycles. The number of nitrogens with zero attached hydrogens (tertiary/aromatic N) is 4. The van der Waals surface area contributed by atoms with Gasteiger partial charge in [-0.05, 0) is 57.2 Å². The van der Waals surface area contributed by atoms with Crippen molar-refractivity contribution in [1.29, 1.82) is 5.26 Å². The molecular weight excluding hydrogens is 402 g/mol. The highest BCUT2D eigenvalue weighted by Gasteiger charge is 2.21. The third-order valence-electron chi connectivity index (χ3n) is 5.72. The van der Waals surface area contributed by atoms with Crippen LogP contribution in [-0.4, -0.2) is 32.2 Å². The predicted octanol–water partition coefficient (Wildman–Crippen LogP) is 4.34. The number of rotatable bonds is 7. The molecule has 1 aliphatic rings. The minimum absolute atomic E-state index is 0.209. The number of aromatic nitrogens is 3. The van der Waals surface area contributed by atoms with E-state index in [-0.39, 0.29) is 12.1 Å². The summed E-state index contributed by atoms with van der Waals surface area (Å²) in [5, 5.41) is 22.6. The van der Waals surface area contributed by atoms with Crippen molar-refractivity contribution in [2.24, 2.45) is 0 Å². The first-order chi connectivity index (χ1) is 15.6. The van der Waals surface area contributed by atoms with Gasteiger partial charge in [-0.2, -0.15) is 5.26 Å². The van der Waals surface area contributed by atoms with Gasteiger partial charge in [0, 0.05) is 30.4 Å². The molecule has 0 bridgehead atoms. The summed E-state index contributed by atoms with van der Waals surface area (Å²) in [7, 11) is 0. The average Bonchev–Trinajstić information content (AvgIpc) is 2.81. The predicted molar refractivity (Wildman–Crippen MR) is 122 cm³/mol. The van der Waals surface area contributed by atoms with Crippen molar-refractivity contribution >= 4 is 5.82 Å². The third kappa shape index (κ3) is 5.59. The largest absolute Gasteiger partial charge is 0.457 e. The number of anilines is 1. The Bertz CT molecular complexity index is 1090. The fourth-order valence-corrected chi connectivity index (χ4v) is 3.83. The number of pyridine rings is 1. The molecule has 0 atom stereocenters. The van der Waals surface area contributed by atoms with Crippen molar-refractivity contribution in [1.82, 2.24) is 15.0 Å². The molecule has 2 heterocycles. The second-order valence-corrected chi connectivity index (χ2v) is 8.21. The summed E-state index contributed by atoms with van der Waals surface area (Å²) >= 11 is 0. The maximum Gasteiger partial charge on any atom is 0.147 e. The van der Waals surface area contributed by atoms with Crippen LogP contribution in [0.4, 0.5) is 5.82 Å². The highest BCUT2D eigenvalue weighted by molar-refractivity contribution is 5.51. The van der Waals surface area contributed by atoms with Gasteiger partial charge in [-0.15, -0.1) is 0 Å². The van der Waals surface area contributed by atoms with Gasteiger partial charge in [0.15, 0.2) is 0 Å². The molecule has 7 nitrogen and oxygen atoms in total. The fraction of sp³-hybridized carbons (Fsp3) is 0.360. The molecule has 0 radical (unpaired) electrons. The van der Waals surface area contributed by atoms with Crippen LogP contribution in [0.15, 0.2) is 48.9 Å². The molecule has 0 amide bonds. The molecule has 1 fully saturated rings. The quantitative estimate of drug-likeness (QED) is 0.575. The van der Waals surface area contributed by atoms with Crippen molar-refractivity contribution in [3.63, 3.8) is 0 Å². The van der Waals surface area contributed by atoms with Gasteiger partial charge in [0.05, 0.1) is 12.3 Å². The maximum absolute atomic E-state index is 9.72. The van der Waals surface area contributed by atoms with Crippen molar-refractivity contribution in [3.8, 4) is 17.6 Å². The zero-order valence-corrected chi connectivity index (χ0v) is 18.2. The Morgan fingerprint density at radius 2 is 1.88 bits per heavy atom. The minimum Gasteiger partial charge on any atom is -0.457 e. The second-order valence-electron chi connectivity index (χ2n) is 8.21.